The monoisotopic (exact) mass is 383 g/mol. The van der Waals surface area contributed by atoms with Gasteiger partial charge in [-0.1, -0.05) is 29.8 Å². The Balaban J connectivity index is 1.75. The van der Waals surface area contributed by atoms with Crippen LogP contribution in [-0.2, 0) is 6.42 Å². The van der Waals surface area contributed by atoms with Crippen LogP contribution in [0.4, 0.5) is 5.69 Å². The summed E-state index contributed by atoms with van der Waals surface area (Å²) in [5, 5.41) is 8.98. The average molecular weight is 384 g/mol. The van der Waals surface area contributed by atoms with E-state index in [2.05, 4.69) is 15.3 Å². The van der Waals surface area contributed by atoms with Crippen molar-refractivity contribution in [2.75, 3.05) is 11.4 Å². The number of carbonyl (C=O) groups excluding carboxylic acids is 1. The molecular formula is C19H18ClN5O2. The molecule has 0 spiro atoms. The third-order valence-corrected chi connectivity index (χ3v) is 4.63. The first-order valence-corrected chi connectivity index (χ1v) is 9.10. The molecule has 0 saturated carbocycles. The molecule has 0 saturated heterocycles. The number of carbonyl (C=O) groups is 1. The molecule has 2 aromatic heterocycles. The van der Waals surface area contributed by atoms with Crippen molar-refractivity contribution in [2.24, 2.45) is 0 Å². The highest BCUT2D eigenvalue weighted by Gasteiger charge is 2.32. The van der Waals surface area contributed by atoms with Gasteiger partial charge in [0.2, 0.25) is 5.88 Å². The molecule has 0 N–H and O–H groups in total. The first-order chi connectivity index (χ1) is 13.1. The van der Waals surface area contributed by atoms with E-state index in [0.717, 1.165) is 11.4 Å². The number of amides is 1. The molecule has 3 heterocycles. The van der Waals surface area contributed by atoms with Crippen LogP contribution in [0.3, 0.4) is 0 Å². The van der Waals surface area contributed by atoms with Gasteiger partial charge in [-0.3, -0.25) is 9.69 Å². The van der Waals surface area contributed by atoms with E-state index in [0.29, 0.717) is 35.2 Å². The number of pyridine rings is 1. The van der Waals surface area contributed by atoms with Gasteiger partial charge in [-0.05, 0) is 43.7 Å². The summed E-state index contributed by atoms with van der Waals surface area (Å²) >= 11 is 6.10. The Kier molecular flexibility index (Phi) is 4.53. The minimum Gasteiger partial charge on any atom is -0.471 e. The van der Waals surface area contributed by atoms with Crippen LogP contribution in [0.1, 0.15) is 30.0 Å². The SMILES string of the molecule is CCc1c(C(=O)N2C[C@@H](C)Oc3ncccc32)nnn1-c1cccc(Cl)c1. The summed E-state index contributed by atoms with van der Waals surface area (Å²) in [6.45, 7) is 4.29. The number of fused-ring (bicyclic) bond motifs is 1. The number of ether oxygens (including phenoxy) is 1. The third-order valence-electron chi connectivity index (χ3n) is 4.39. The quantitative estimate of drug-likeness (QED) is 0.693. The zero-order chi connectivity index (χ0) is 19.0. The second-order valence-electron chi connectivity index (χ2n) is 6.30. The van der Waals surface area contributed by atoms with E-state index < -0.39 is 0 Å². The Morgan fingerprint density at radius 1 is 1.33 bits per heavy atom. The number of hydrogen-bond donors (Lipinski definition) is 0. The smallest absolute Gasteiger partial charge is 0.281 e. The molecule has 1 atom stereocenters. The molecule has 1 aromatic carbocycles. The van der Waals surface area contributed by atoms with Crippen LogP contribution in [0.15, 0.2) is 42.6 Å². The molecule has 1 amide bonds. The Hall–Kier alpha value is -2.93. The molecule has 8 heteroatoms. The lowest BCUT2D eigenvalue weighted by atomic mass is 10.2. The van der Waals surface area contributed by atoms with Gasteiger partial charge in [0.15, 0.2) is 5.69 Å². The van der Waals surface area contributed by atoms with Gasteiger partial charge in [-0.2, -0.15) is 0 Å². The van der Waals surface area contributed by atoms with Crippen LogP contribution in [0.5, 0.6) is 5.88 Å². The number of hydrogen-bond acceptors (Lipinski definition) is 5. The van der Waals surface area contributed by atoms with Gasteiger partial charge in [-0.25, -0.2) is 9.67 Å². The average Bonchev–Trinajstić information content (AvgIpc) is 3.10. The van der Waals surface area contributed by atoms with Crippen LogP contribution < -0.4 is 9.64 Å². The Labute approximate surface area is 161 Å². The lowest BCUT2D eigenvalue weighted by Crippen LogP contribution is -2.43. The van der Waals surface area contributed by atoms with E-state index in [1.165, 1.54) is 0 Å². The van der Waals surface area contributed by atoms with Gasteiger partial charge in [0, 0.05) is 11.2 Å². The van der Waals surface area contributed by atoms with Crippen molar-refractivity contribution >= 4 is 23.2 Å². The third kappa shape index (κ3) is 3.14. The molecule has 0 bridgehead atoms. The number of rotatable bonds is 3. The fourth-order valence-electron chi connectivity index (χ4n) is 3.18. The van der Waals surface area contributed by atoms with E-state index in [9.17, 15) is 4.79 Å². The van der Waals surface area contributed by atoms with E-state index in [1.807, 2.05) is 32.0 Å². The van der Waals surface area contributed by atoms with Crippen LogP contribution in [0.2, 0.25) is 5.02 Å². The number of anilines is 1. The predicted octanol–water partition coefficient (Wildman–Crippen LogP) is 3.31. The van der Waals surface area contributed by atoms with E-state index in [4.69, 9.17) is 16.3 Å². The summed E-state index contributed by atoms with van der Waals surface area (Å²) in [5.41, 5.74) is 2.46. The maximum atomic E-state index is 13.3. The molecule has 0 unspecified atom stereocenters. The number of aromatic nitrogens is 4. The zero-order valence-electron chi connectivity index (χ0n) is 15.0. The fourth-order valence-corrected chi connectivity index (χ4v) is 3.37. The van der Waals surface area contributed by atoms with Crippen LogP contribution >= 0.6 is 11.6 Å². The van der Waals surface area contributed by atoms with E-state index in [-0.39, 0.29) is 12.0 Å². The first kappa shape index (κ1) is 17.5. The molecule has 0 aliphatic carbocycles. The first-order valence-electron chi connectivity index (χ1n) is 8.72. The largest absolute Gasteiger partial charge is 0.471 e. The number of halogens is 1. The standard InChI is InChI=1S/C19H18ClN5O2/c1-3-15-17(22-23-25(15)14-7-4-6-13(20)10-14)19(26)24-11-12(2)27-18-16(24)8-5-9-21-18/h4-10,12H,3,11H2,1-2H3/t12-/m1/s1. The molecule has 1 aliphatic heterocycles. The van der Waals surface area contributed by atoms with E-state index >= 15 is 0 Å². The highest BCUT2D eigenvalue weighted by atomic mass is 35.5. The summed E-state index contributed by atoms with van der Waals surface area (Å²) in [4.78, 5) is 19.2. The van der Waals surface area contributed by atoms with Gasteiger partial charge in [0.1, 0.15) is 11.8 Å². The molecule has 3 aromatic rings. The summed E-state index contributed by atoms with van der Waals surface area (Å²) < 4.78 is 7.39. The highest BCUT2D eigenvalue weighted by Crippen LogP contribution is 2.32. The molecular weight excluding hydrogens is 366 g/mol. The molecule has 7 nitrogen and oxygen atoms in total. The summed E-state index contributed by atoms with van der Waals surface area (Å²) in [7, 11) is 0. The number of benzene rings is 1. The summed E-state index contributed by atoms with van der Waals surface area (Å²) in [5.74, 6) is 0.231. The van der Waals surface area contributed by atoms with Gasteiger partial charge in [0.25, 0.3) is 5.91 Å². The topological polar surface area (TPSA) is 73.1 Å². The van der Waals surface area contributed by atoms with Crippen molar-refractivity contribution in [3.05, 3.63) is 59.0 Å². The van der Waals surface area contributed by atoms with Crippen molar-refractivity contribution < 1.29 is 9.53 Å². The second-order valence-corrected chi connectivity index (χ2v) is 6.74. The Bertz CT molecular complexity index is 1000. The van der Waals surface area contributed by atoms with Crippen LogP contribution in [0.25, 0.3) is 5.69 Å². The van der Waals surface area contributed by atoms with Crippen molar-refractivity contribution in [1.82, 2.24) is 20.0 Å². The molecule has 0 radical (unpaired) electrons. The van der Waals surface area contributed by atoms with Crippen molar-refractivity contribution in [3.63, 3.8) is 0 Å². The van der Waals surface area contributed by atoms with Crippen molar-refractivity contribution in [1.29, 1.82) is 0 Å². The highest BCUT2D eigenvalue weighted by molar-refractivity contribution is 6.30. The molecule has 0 fully saturated rings. The summed E-state index contributed by atoms with van der Waals surface area (Å²) in [6.07, 6.45) is 2.08. The molecule has 4 rings (SSSR count). The summed E-state index contributed by atoms with van der Waals surface area (Å²) in [6, 6.07) is 10.9. The number of nitrogens with zero attached hydrogens (tertiary/aromatic N) is 5. The lowest BCUT2D eigenvalue weighted by molar-refractivity contribution is 0.0953. The van der Waals surface area contributed by atoms with Gasteiger partial charge >= 0.3 is 0 Å². The molecule has 27 heavy (non-hydrogen) atoms. The van der Waals surface area contributed by atoms with Crippen LogP contribution in [-0.4, -0.2) is 38.5 Å². The lowest BCUT2D eigenvalue weighted by Gasteiger charge is -2.32. The second kappa shape index (κ2) is 7.00. The maximum absolute atomic E-state index is 13.3. The molecule has 1 aliphatic rings. The van der Waals surface area contributed by atoms with Crippen molar-refractivity contribution in [3.8, 4) is 11.6 Å². The normalized spacial score (nSPS) is 16.0. The van der Waals surface area contributed by atoms with Gasteiger partial charge < -0.3 is 4.74 Å². The van der Waals surface area contributed by atoms with Crippen LogP contribution in [0, 0.1) is 0 Å². The Morgan fingerprint density at radius 2 is 2.19 bits per heavy atom. The zero-order valence-corrected chi connectivity index (χ0v) is 15.7. The Morgan fingerprint density at radius 3 is 2.96 bits per heavy atom. The van der Waals surface area contributed by atoms with Crippen molar-refractivity contribution in [2.45, 2.75) is 26.4 Å². The minimum absolute atomic E-state index is 0.163. The predicted molar refractivity (Wildman–Crippen MR) is 102 cm³/mol. The minimum atomic E-state index is -0.218. The van der Waals surface area contributed by atoms with Gasteiger partial charge in [-0.15, -0.1) is 5.10 Å². The van der Waals surface area contributed by atoms with E-state index in [1.54, 1.807) is 34.0 Å². The molecule has 138 valence electrons. The van der Waals surface area contributed by atoms with Gasteiger partial charge in [0.05, 0.1) is 17.9 Å². The maximum Gasteiger partial charge on any atom is 0.281 e. The fraction of sp³-hybridized carbons (Fsp3) is 0.263.